The number of benzene rings is 2. The minimum Gasteiger partial charge on any atom is -0.486 e. The third-order valence-electron chi connectivity index (χ3n) is 6.38. The van der Waals surface area contributed by atoms with Gasteiger partial charge in [-0.1, -0.05) is 45.0 Å². The number of hydrogen-bond acceptors (Lipinski definition) is 5. The van der Waals surface area contributed by atoms with E-state index < -0.39 is 11.4 Å². The standard InChI is InChI=1S/C28H36N4O5/c1-6-19-10-8-9-11-22(19)31-27(35)32-16-21(7-2)37-24-14-20(12-13-23(24)32)18(3)15-30-26(29)36-17-28(4,5)25(33)34/h8-15,18,21,29H,6-7,16-17H2,1-5H3,(H,31,35)(H,33,34). The maximum absolute atomic E-state index is 13.3. The Balaban J connectivity index is 1.75. The zero-order valence-corrected chi connectivity index (χ0v) is 22.1. The summed E-state index contributed by atoms with van der Waals surface area (Å²) >= 11 is 0. The highest BCUT2D eigenvalue weighted by Crippen LogP contribution is 2.37. The van der Waals surface area contributed by atoms with Gasteiger partial charge in [0.05, 0.1) is 17.6 Å². The van der Waals surface area contributed by atoms with Gasteiger partial charge in [-0.15, -0.1) is 0 Å². The molecule has 0 spiro atoms. The molecule has 1 heterocycles. The number of para-hydroxylation sites is 1. The maximum atomic E-state index is 13.3. The summed E-state index contributed by atoms with van der Waals surface area (Å²) in [6, 6.07) is 12.9. The number of carboxylic acids is 1. The summed E-state index contributed by atoms with van der Waals surface area (Å²) in [6.07, 6.45) is 3.00. The highest BCUT2D eigenvalue weighted by molar-refractivity contribution is 6.03. The number of nitrogens with one attached hydrogen (secondary N) is 2. The van der Waals surface area contributed by atoms with E-state index in [0.29, 0.717) is 18.0 Å². The van der Waals surface area contributed by atoms with Gasteiger partial charge in [-0.3, -0.25) is 9.69 Å². The van der Waals surface area contributed by atoms with Gasteiger partial charge in [-0.25, -0.2) is 15.2 Å². The molecule has 1 aliphatic heterocycles. The fraction of sp³-hybridized carbons (Fsp3) is 0.429. The van der Waals surface area contributed by atoms with E-state index in [0.717, 1.165) is 29.7 Å². The van der Waals surface area contributed by atoms with Crippen LogP contribution in [0.4, 0.5) is 16.2 Å². The molecule has 0 radical (unpaired) electrons. The molecule has 9 heteroatoms. The molecule has 2 unspecified atom stereocenters. The Morgan fingerprint density at radius 2 is 2.03 bits per heavy atom. The summed E-state index contributed by atoms with van der Waals surface area (Å²) in [6.45, 7) is 9.34. The number of carboxylic acid groups (broad SMARTS) is 1. The number of urea groups is 1. The van der Waals surface area contributed by atoms with E-state index in [-0.39, 0.29) is 30.7 Å². The Hall–Kier alpha value is -3.88. The van der Waals surface area contributed by atoms with E-state index >= 15 is 0 Å². The van der Waals surface area contributed by atoms with Crippen molar-refractivity contribution in [3.05, 3.63) is 53.6 Å². The number of carbonyl (C=O) groups is 2. The molecule has 9 nitrogen and oxygen atoms in total. The van der Waals surface area contributed by atoms with Gasteiger partial charge in [-0.05, 0) is 56.0 Å². The van der Waals surface area contributed by atoms with E-state index in [4.69, 9.17) is 14.9 Å². The van der Waals surface area contributed by atoms with Gasteiger partial charge in [0.25, 0.3) is 0 Å². The molecule has 0 saturated heterocycles. The molecular weight excluding hydrogens is 472 g/mol. The van der Waals surface area contributed by atoms with E-state index in [9.17, 15) is 14.7 Å². The highest BCUT2D eigenvalue weighted by atomic mass is 16.5. The van der Waals surface area contributed by atoms with Crippen molar-refractivity contribution < 1.29 is 24.2 Å². The number of aliphatic carboxylic acids is 1. The number of amides is 2. The number of aliphatic imine (C=N–C) groups is 1. The summed E-state index contributed by atoms with van der Waals surface area (Å²) in [5.74, 6) is -0.565. The maximum Gasteiger partial charge on any atom is 0.326 e. The summed E-state index contributed by atoms with van der Waals surface area (Å²) in [5, 5.41) is 20.1. The second-order valence-corrected chi connectivity index (χ2v) is 9.78. The quantitative estimate of drug-likeness (QED) is 0.312. The van der Waals surface area contributed by atoms with Gasteiger partial charge >= 0.3 is 18.0 Å². The molecule has 1 aliphatic rings. The first-order chi connectivity index (χ1) is 17.6. The number of ether oxygens (including phenoxy) is 2. The number of rotatable bonds is 8. The van der Waals surface area contributed by atoms with Crippen LogP contribution in [0.2, 0.25) is 0 Å². The third-order valence-corrected chi connectivity index (χ3v) is 6.38. The predicted molar refractivity (Wildman–Crippen MR) is 145 cm³/mol. The molecule has 0 aromatic heterocycles. The van der Waals surface area contributed by atoms with Crippen LogP contribution in [0.1, 0.15) is 58.1 Å². The van der Waals surface area contributed by atoms with Crippen LogP contribution >= 0.6 is 0 Å². The lowest BCUT2D eigenvalue weighted by molar-refractivity contribution is -0.148. The molecule has 3 rings (SSSR count). The van der Waals surface area contributed by atoms with Crippen molar-refractivity contribution in [3.63, 3.8) is 0 Å². The molecule has 2 aromatic carbocycles. The van der Waals surface area contributed by atoms with Crippen LogP contribution in [-0.2, 0) is 16.0 Å². The number of nitrogens with zero attached hydrogens (tertiary/aromatic N) is 2. The highest BCUT2D eigenvalue weighted by Gasteiger charge is 2.30. The van der Waals surface area contributed by atoms with Gasteiger partial charge in [0.15, 0.2) is 0 Å². The van der Waals surface area contributed by atoms with Crippen LogP contribution in [0, 0.1) is 10.8 Å². The molecule has 0 aliphatic carbocycles. The first-order valence-corrected chi connectivity index (χ1v) is 12.5. The van der Waals surface area contributed by atoms with Crippen molar-refractivity contribution in [2.45, 2.75) is 59.5 Å². The fourth-order valence-corrected chi connectivity index (χ4v) is 3.80. The first-order valence-electron chi connectivity index (χ1n) is 12.5. The van der Waals surface area contributed by atoms with Crippen molar-refractivity contribution in [1.29, 1.82) is 5.41 Å². The molecular formula is C28H36N4O5. The second-order valence-electron chi connectivity index (χ2n) is 9.78. The number of hydrogen-bond donors (Lipinski definition) is 3. The minimum atomic E-state index is -1.12. The fourth-order valence-electron chi connectivity index (χ4n) is 3.80. The monoisotopic (exact) mass is 508 g/mol. The first kappa shape index (κ1) is 27.7. The lowest BCUT2D eigenvalue weighted by Gasteiger charge is -2.35. The van der Waals surface area contributed by atoms with Gasteiger partial charge in [0.2, 0.25) is 0 Å². The summed E-state index contributed by atoms with van der Waals surface area (Å²) in [5.41, 5.74) is 2.34. The molecule has 3 N–H and O–H groups in total. The van der Waals surface area contributed by atoms with Crippen LogP contribution in [-0.4, -0.2) is 48.6 Å². The topological polar surface area (TPSA) is 124 Å². The third kappa shape index (κ3) is 6.87. The molecule has 2 atom stereocenters. The van der Waals surface area contributed by atoms with Gasteiger partial charge in [-0.2, -0.15) is 0 Å². The van der Waals surface area contributed by atoms with Crippen molar-refractivity contribution in [3.8, 4) is 5.75 Å². The van der Waals surface area contributed by atoms with Crippen LogP contribution in [0.25, 0.3) is 0 Å². The van der Waals surface area contributed by atoms with Crippen molar-refractivity contribution in [2.24, 2.45) is 10.4 Å². The Labute approximate surface area is 218 Å². The van der Waals surface area contributed by atoms with Crippen molar-refractivity contribution in [1.82, 2.24) is 0 Å². The predicted octanol–water partition coefficient (Wildman–Crippen LogP) is 5.69. The molecule has 0 saturated carbocycles. The Bertz CT molecular complexity index is 1180. The van der Waals surface area contributed by atoms with Crippen LogP contribution in [0.5, 0.6) is 5.75 Å². The molecule has 37 heavy (non-hydrogen) atoms. The van der Waals surface area contributed by atoms with Crippen molar-refractivity contribution >= 4 is 35.6 Å². The van der Waals surface area contributed by atoms with Crippen LogP contribution in [0.3, 0.4) is 0 Å². The molecule has 2 amide bonds. The van der Waals surface area contributed by atoms with Crippen LogP contribution < -0.4 is 15.0 Å². The second kappa shape index (κ2) is 11.9. The number of aryl methyl sites for hydroxylation is 1. The molecule has 0 bridgehead atoms. The average molecular weight is 509 g/mol. The number of anilines is 2. The number of amidine groups is 1. The van der Waals surface area contributed by atoms with Gasteiger partial charge in [0, 0.05) is 17.8 Å². The normalized spacial score (nSPS) is 16.0. The number of carbonyl (C=O) groups excluding carboxylic acids is 1. The lowest BCUT2D eigenvalue weighted by atomic mass is 9.95. The Morgan fingerprint density at radius 3 is 2.70 bits per heavy atom. The average Bonchev–Trinajstić information content (AvgIpc) is 2.89. The SMILES string of the molecule is CCc1ccccc1NC(=O)N1CC(CC)Oc2cc(C(C)C=NC(=N)OCC(C)(C)C(=O)O)ccc21. The van der Waals surface area contributed by atoms with Gasteiger partial charge < -0.3 is 19.9 Å². The molecule has 0 fully saturated rings. The number of fused-ring (bicyclic) bond motifs is 1. The largest absolute Gasteiger partial charge is 0.486 e. The summed E-state index contributed by atoms with van der Waals surface area (Å²) in [7, 11) is 0. The van der Waals surface area contributed by atoms with E-state index in [1.807, 2.05) is 56.3 Å². The zero-order valence-electron chi connectivity index (χ0n) is 22.1. The summed E-state index contributed by atoms with van der Waals surface area (Å²) < 4.78 is 11.4. The smallest absolute Gasteiger partial charge is 0.326 e. The minimum absolute atomic E-state index is 0.141. The zero-order chi connectivity index (χ0) is 27.2. The lowest BCUT2D eigenvalue weighted by Crippen LogP contribution is -2.45. The molecule has 198 valence electrons. The van der Waals surface area contributed by atoms with Gasteiger partial charge in [0.1, 0.15) is 18.5 Å². The Kier molecular flexibility index (Phi) is 8.91. The summed E-state index contributed by atoms with van der Waals surface area (Å²) in [4.78, 5) is 30.3. The van der Waals surface area contributed by atoms with Crippen molar-refractivity contribution in [2.75, 3.05) is 23.4 Å². The van der Waals surface area contributed by atoms with Crippen LogP contribution in [0.15, 0.2) is 47.5 Å². The molecule has 2 aromatic rings. The van der Waals surface area contributed by atoms with E-state index in [1.54, 1.807) is 11.1 Å². The van der Waals surface area contributed by atoms with E-state index in [1.165, 1.54) is 13.8 Å². The van der Waals surface area contributed by atoms with E-state index in [2.05, 4.69) is 17.2 Å². The Morgan fingerprint density at radius 1 is 1.30 bits per heavy atom.